The predicted octanol–water partition coefficient (Wildman–Crippen LogP) is 6.09. The van der Waals surface area contributed by atoms with Gasteiger partial charge in [-0.05, 0) is 42.5 Å². The first kappa shape index (κ1) is 24.6. The van der Waals surface area contributed by atoms with Crippen molar-refractivity contribution < 1.29 is 36.6 Å². The zero-order valence-corrected chi connectivity index (χ0v) is 19.0. The van der Waals surface area contributed by atoms with Crippen LogP contribution in [0.5, 0.6) is 23.0 Å². The van der Waals surface area contributed by atoms with Gasteiger partial charge in [0.1, 0.15) is 11.5 Å². The quantitative estimate of drug-likeness (QED) is 0.310. The summed E-state index contributed by atoms with van der Waals surface area (Å²) in [5.74, 6) is -0.656. The summed E-state index contributed by atoms with van der Waals surface area (Å²) in [5.41, 5.74) is -0.891. The number of amides is 1. The van der Waals surface area contributed by atoms with Crippen LogP contribution in [0, 0.1) is 5.82 Å². The fourth-order valence-corrected chi connectivity index (χ4v) is 3.27. The summed E-state index contributed by atoms with van der Waals surface area (Å²) in [6.45, 7) is 0. The molecule has 0 aliphatic carbocycles. The molecule has 0 spiro atoms. The van der Waals surface area contributed by atoms with Gasteiger partial charge >= 0.3 is 6.18 Å². The lowest BCUT2D eigenvalue weighted by atomic mass is 10.2. The van der Waals surface area contributed by atoms with Crippen LogP contribution in [0.2, 0.25) is 0 Å². The van der Waals surface area contributed by atoms with Gasteiger partial charge in [-0.3, -0.25) is 4.79 Å². The van der Waals surface area contributed by atoms with Crippen molar-refractivity contribution in [2.45, 2.75) is 6.18 Å². The molecule has 1 N–H and O–H groups in total. The molecule has 0 aliphatic rings. The van der Waals surface area contributed by atoms with Gasteiger partial charge in [0.05, 0.1) is 31.7 Å². The van der Waals surface area contributed by atoms with E-state index in [1.807, 2.05) is 0 Å². The summed E-state index contributed by atoms with van der Waals surface area (Å²) in [7, 11) is 2.78. The second-order valence-electron chi connectivity index (χ2n) is 7.42. The first-order chi connectivity index (χ1) is 17.2. The van der Waals surface area contributed by atoms with Crippen LogP contribution in [0.25, 0.3) is 5.69 Å². The van der Waals surface area contributed by atoms with E-state index in [1.165, 1.54) is 44.7 Å². The van der Waals surface area contributed by atoms with Gasteiger partial charge in [0.25, 0.3) is 5.91 Å². The third-order valence-corrected chi connectivity index (χ3v) is 5.01. The largest absolute Gasteiger partial charge is 0.497 e. The molecule has 0 aliphatic heterocycles. The first-order valence-electron chi connectivity index (χ1n) is 10.4. The number of benzene rings is 3. The smallest absolute Gasteiger partial charge is 0.416 e. The SMILES string of the molecule is COc1cccc(Oc2ccc(NC(=O)c3nn(-c4cccc(C(F)(F)F)c4)cc3OC)cc2F)c1. The summed E-state index contributed by atoms with van der Waals surface area (Å²) in [5, 5.41) is 6.56. The molecular weight excluding hydrogens is 482 g/mol. The third kappa shape index (κ3) is 5.40. The van der Waals surface area contributed by atoms with Crippen molar-refractivity contribution in [2.24, 2.45) is 0 Å². The lowest BCUT2D eigenvalue weighted by molar-refractivity contribution is -0.137. The molecule has 0 unspecified atom stereocenters. The van der Waals surface area contributed by atoms with Gasteiger partial charge in [0.15, 0.2) is 23.0 Å². The average molecular weight is 501 g/mol. The van der Waals surface area contributed by atoms with Gasteiger partial charge in [-0.1, -0.05) is 12.1 Å². The average Bonchev–Trinajstić information content (AvgIpc) is 3.30. The van der Waals surface area contributed by atoms with Gasteiger partial charge in [-0.15, -0.1) is 0 Å². The van der Waals surface area contributed by atoms with Crippen molar-refractivity contribution in [3.63, 3.8) is 0 Å². The molecule has 0 saturated heterocycles. The third-order valence-electron chi connectivity index (χ3n) is 5.01. The Labute approximate surface area is 202 Å². The van der Waals surface area contributed by atoms with E-state index in [0.29, 0.717) is 11.5 Å². The van der Waals surface area contributed by atoms with Crippen LogP contribution in [-0.2, 0) is 6.18 Å². The van der Waals surface area contributed by atoms with E-state index in [1.54, 1.807) is 24.3 Å². The summed E-state index contributed by atoms with van der Waals surface area (Å²) in [6.07, 6.45) is -3.27. The fraction of sp³-hybridized carbons (Fsp3) is 0.120. The number of carbonyl (C=O) groups is 1. The highest BCUT2D eigenvalue weighted by Crippen LogP contribution is 2.32. The minimum absolute atomic E-state index is 0.0170. The number of carbonyl (C=O) groups excluding carboxylic acids is 1. The second-order valence-corrected chi connectivity index (χ2v) is 7.42. The lowest BCUT2D eigenvalue weighted by Crippen LogP contribution is -2.14. The highest BCUT2D eigenvalue weighted by molar-refractivity contribution is 6.04. The molecule has 0 saturated carbocycles. The Hall–Kier alpha value is -4.54. The first-order valence-corrected chi connectivity index (χ1v) is 10.4. The van der Waals surface area contributed by atoms with Crippen molar-refractivity contribution in [1.82, 2.24) is 9.78 Å². The number of ether oxygens (including phenoxy) is 3. The molecule has 1 amide bonds. The second kappa shape index (κ2) is 9.98. The zero-order valence-electron chi connectivity index (χ0n) is 19.0. The molecule has 1 aromatic heterocycles. The fourth-order valence-electron chi connectivity index (χ4n) is 3.27. The molecule has 0 bridgehead atoms. The van der Waals surface area contributed by atoms with Gasteiger partial charge < -0.3 is 19.5 Å². The van der Waals surface area contributed by atoms with E-state index in [2.05, 4.69) is 10.4 Å². The summed E-state index contributed by atoms with van der Waals surface area (Å²) >= 11 is 0. The number of hydrogen-bond acceptors (Lipinski definition) is 5. The van der Waals surface area contributed by atoms with E-state index >= 15 is 0 Å². The van der Waals surface area contributed by atoms with Crippen LogP contribution in [0.4, 0.5) is 23.2 Å². The molecule has 0 radical (unpaired) electrons. The minimum Gasteiger partial charge on any atom is -0.497 e. The molecule has 4 rings (SSSR count). The Morgan fingerprint density at radius 2 is 1.67 bits per heavy atom. The van der Waals surface area contributed by atoms with Crippen molar-refractivity contribution in [3.8, 4) is 28.7 Å². The Kier molecular flexibility index (Phi) is 6.82. The molecule has 3 aromatic carbocycles. The van der Waals surface area contributed by atoms with Crippen molar-refractivity contribution in [3.05, 3.63) is 90.0 Å². The van der Waals surface area contributed by atoms with Crippen LogP contribution in [0.15, 0.2) is 72.9 Å². The highest BCUT2D eigenvalue weighted by Gasteiger charge is 2.31. The van der Waals surface area contributed by atoms with Crippen LogP contribution in [-0.4, -0.2) is 29.9 Å². The molecule has 36 heavy (non-hydrogen) atoms. The van der Waals surface area contributed by atoms with Gasteiger partial charge in [-0.25, -0.2) is 9.07 Å². The number of rotatable bonds is 7. The number of nitrogens with one attached hydrogen (secondary N) is 1. The molecule has 7 nitrogen and oxygen atoms in total. The van der Waals surface area contributed by atoms with Crippen molar-refractivity contribution >= 4 is 11.6 Å². The van der Waals surface area contributed by atoms with Crippen LogP contribution in [0.3, 0.4) is 0 Å². The normalized spacial score (nSPS) is 11.2. The number of aromatic nitrogens is 2. The van der Waals surface area contributed by atoms with Gasteiger partial charge in [0, 0.05) is 17.8 Å². The maximum absolute atomic E-state index is 14.6. The number of hydrogen-bond donors (Lipinski definition) is 1. The number of anilines is 1. The monoisotopic (exact) mass is 501 g/mol. The van der Waals surface area contributed by atoms with E-state index < -0.39 is 23.5 Å². The van der Waals surface area contributed by atoms with E-state index in [-0.39, 0.29) is 28.6 Å². The van der Waals surface area contributed by atoms with Gasteiger partial charge in [0.2, 0.25) is 0 Å². The topological polar surface area (TPSA) is 74.6 Å². The molecule has 4 aromatic rings. The van der Waals surface area contributed by atoms with Crippen LogP contribution < -0.4 is 19.5 Å². The molecular formula is C25H19F4N3O4. The van der Waals surface area contributed by atoms with Crippen molar-refractivity contribution in [2.75, 3.05) is 19.5 Å². The standard InChI is InChI=1S/C25H19F4N3O4/c1-34-18-7-4-8-19(13-18)36-21-10-9-16(12-20(21)26)30-24(33)23-22(35-2)14-32(31-23)17-6-3-5-15(11-17)25(27,28)29/h3-14H,1-2H3,(H,30,33). The number of methoxy groups -OCH3 is 2. The maximum atomic E-state index is 14.6. The van der Waals surface area contributed by atoms with E-state index in [0.717, 1.165) is 22.9 Å². The molecule has 0 fully saturated rings. The van der Waals surface area contributed by atoms with E-state index in [4.69, 9.17) is 14.2 Å². The van der Waals surface area contributed by atoms with Crippen LogP contribution in [0.1, 0.15) is 16.1 Å². The molecule has 11 heteroatoms. The van der Waals surface area contributed by atoms with E-state index in [9.17, 15) is 22.4 Å². The lowest BCUT2D eigenvalue weighted by Gasteiger charge is -2.10. The Morgan fingerprint density at radius 1 is 0.917 bits per heavy atom. The number of nitrogens with zero attached hydrogens (tertiary/aromatic N) is 2. The Morgan fingerprint density at radius 3 is 2.36 bits per heavy atom. The Balaban J connectivity index is 1.53. The Bertz CT molecular complexity index is 1400. The predicted molar refractivity (Wildman–Crippen MR) is 123 cm³/mol. The zero-order chi connectivity index (χ0) is 25.9. The number of alkyl halides is 3. The molecule has 0 atom stereocenters. The van der Waals surface area contributed by atoms with Crippen molar-refractivity contribution in [1.29, 1.82) is 0 Å². The summed E-state index contributed by atoms with van der Waals surface area (Å²) in [4.78, 5) is 12.8. The van der Waals surface area contributed by atoms with Gasteiger partial charge in [-0.2, -0.15) is 18.3 Å². The highest BCUT2D eigenvalue weighted by atomic mass is 19.4. The summed E-state index contributed by atoms with van der Waals surface area (Å²) in [6, 6.07) is 14.9. The molecule has 1 heterocycles. The van der Waals surface area contributed by atoms with Crippen LogP contribution >= 0.6 is 0 Å². The maximum Gasteiger partial charge on any atom is 0.416 e. The number of halogens is 4. The summed E-state index contributed by atoms with van der Waals surface area (Å²) < 4.78 is 70.7. The molecule has 186 valence electrons. The minimum atomic E-state index is -4.54.